The van der Waals surface area contributed by atoms with Gasteiger partial charge in [-0.15, -0.1) is 0 Å². The van der Waals surface area contributed by atoms with E-state index in [1.165, 1.54) is 199 Å². The number of carbonyl (C=O) groups is 1. The van der Waals surface area contributed by atoms with E-state index in [0.717, 1.165) is 38.5 Å². The molecule has 0 aliphatic carbocycles. The minimum atomic E-state index is -5.09. The summed E-state index contributed by atoms with van der Waals surface area (Å²) in [5, 5.41) is 44.9. The Kier molecular flexibility index (Phi) is 41.7. The molecule has 6 N–H and O–H groups in total. The number of nitrogens with one attached hydrogen (secondary N) is 1. The van der Waals surface area contributed by atoms with Crippen molar-refractivity contribution in [3.05, 3.63) is 12.2 Å². The summed E-state index contributed by atoms with van der Waals surface area (Å²) in [6.07, 6.45) is 42.5. The number of hydrogen-bond acceptors (Lipinski definition) is 10. The molecule has 1 aliphatic rings. The molecular weight excluding hydrogens is 859 g/mol. The van der Waals surface area contributed by atoms with Crippen molar-refractivity contribution in [2.45, 2.75) is 307 Å². The van der Waals surface area contributed by atoms with Crippen molar-refractivity contribution < 1.29 is 51.8 Å². The summed E-state index contributed by atoms with van der Waals surface area (Å²) in [5.41, 5.74) is 0. The standard InChI is InChI=1S/C53H103NO11S/c1-3-5-7-9-11-13-15-17-19-21-23-25-27-29-31-33-35-37-39-41-43-49(57)54-46(45-63-53-51(59)52(65-66(60,61)62)50(58)48(44-55)64-53)47(56)42-40-38-36-34-32-30-28-26-24-22-20-18-16-14-12-10-8-6-4-2/h40,42,46-48,50-53,55-56,58-59H,3-39,41,43-45H2,1-2H3,(H,54,57)(H,60,61,62)/b42-40+. The highest BCUT2D eigenvalue weighted by molar-refractivity contribution is 7.80. The number of hydrogen-bond donors (Lipinski definition) is 6. The summed E-state index contributed by atoms with van der Waals surface area (Å²) in [4.78, 5) is 13.1. The Labute approximate surface area is 404 Å². The molecule has 1 heterocycles. The number of amides is 1. The molecule has 12 nitrogen and oxygen atoms in total. The fourth-order valence-corrected chi connectivity index (χ4v) is 9.55. The lowest BCUT2D eigenvalue weighted by atomic mass is 9.99. The fraction of sp³-hybridized carbons (Fsp3) is 0.943. The average molecular weight is 962 g/mol. The second-order valence-electron chi connectivity index (χ2n) is 19.5. The predicted molar refractivity (Wildman–Crippen MR) is 269 cm³/mol. The van der Waals surface area contributed by atoms with Gasteiger partial charge in [0.2, 0.25) is 5.91 Å². The van der Waals surface area contributed by atoms with E-state index in [2.05, 4.69) is 23.3 Å². The van der Waals surface area contributed by atoms with Crippen molar-refractivity contribution in [3.8, 4) is 0 Å². The zero-order valence-electron chi connectivity index (χ0n) is 42.3. The molecule has 1 aliphatic heterocycles. The number of allylic oxidation sites excluding steroid dienone is 1. The molecule has 0 aromatic carbocycles. The molecule has 0 radical (unpaired) electrons. The average Bonchev–Trinajstić information content (AvgIpc) is 3.29. The first-order chi connectivity index (χ1) is 32.0. The smallest absolute Gasteiger partial charge is 0.394 e. The first-order valence-electron chi connectivity index (χ1n) is 27.6. The van der Waals surface area contributed by atoms with Gasteiger partial charge in [-0.2, -0.15) is 8.42 Å². The lowest BCUT2D eigenvalue weighted by molar-refractivity contribution is -0.298. The van der Waals surface area contributed by atoms with Gasteiger partial charge in [0.15, 0.2) is 6.29 Å². The topological polar surface area (TPSA) is 192 Å². The second-order valence-corrected chi connectivity index (χ2v) is 20.6. The summed E-state index contributed by atoms with van der Waals surface area (Å²) in [6, 6.07) is -0.939. The summed E-state index contributed by atoms with van der Waals surface area (Å²) < 4.78 is 47.8. The van der Waals surface area contributed by atoms with Gasteiger partial charge in [-0.1, -0.05) is 251 Å². The van der Waals surface area contributed by atoms with E-state index in [1.54, 1.807) is 6.08 Å². The molecule has 1 fully saturated rings. The molecule has 1 amide bonds. The summed E-state index contributed by atoms with van der Waals surface area (Å²) in [5.74, 6) is -0.257. The molecule has 0 spiro atoms. The number of unbranched alkanes of at least 4 members (excludes halogenated alkanes) is 36. The zero-order valence-corrected chi connectivity index (χ0v) is 43.1. The Morgan fingerprint density at radius 3 is 1.32 bits per heavy atom. The van der Waals surface area contributed by atoms with Crippen LogP contribution < -0.4 is 5.32 Å². The predicted octanol–water partition coefficient (Wildman–Crippen LogP) is 12.3. The zero-order chi connectivity index (χ0) is 48.4. The minimum Gasteiger partial charge on any atom is -0.394 e. The Morgan fingerprint density at radius 1 is 0.591 bits per heavy atom. The van der Waals surface area contributed by atoms with E-state index < -0.39 is 59.9 Å². The van der Waals surface area contributed by atoms with Crippen LogP contribution in [0.4, 0.5) is 0 Å². The SMILES string of the molecule is CCCCCCCCCCCCCCCCCCC/C=C/C(O)C(COC1OC(CO)C(O)C(OS(=O)(=O)O)C1O)NC(=O)CCCCCCCCCCCCCCCCCCCCCC. The van der Waals surface area contributed by atoms with Crippen LogP contribution in [0, 0.1) is 0 Å². The quantitative estimate of drug-likeness (QED) is 0.0193. The third kappa shape index (κ3) is 35.9. The Bertz CT molecular complexity index is 1220. The molecule has 392 valence electrons. The summed E-state index contributed by atoms with van der Waals surface area (Å²) >= 11 is 0. The summed E-state index contributed by atoms with van der Waals surface area (Å²) in [7, 11) is -5.09. The number of aliphatic hydroxyl groups is 4. The van der Waals surface area contributed by atoms with Crippen molar-refractivity contribution in [3.63, 3.8) is 0 Å². The second kappa shape index (κ2) is 43.8. The third-order valence-electron chi connectivity index (χ3n) is 13.3. The van der Waals surface area contributed by atoms with E-state index in [0.29, 0.717) is 6.42 Å². The van der Waals surface area contributed by atoms with Gasteiger partial charge in [0.25, 0.3) is 0 Å². The minimum absolute atomic E-state index is 0.257. The van der Waals surface area contributed by atoms with Crippen LogP contribution in [0.2, 0.25) is 0 Å². The van der Waals surface area contributed by atoms with Crippen LogP contribution in [-0.2, 0) is 28.9 Å². The van der Waals surface area contributed by atoms with Crippen molar-refractivity contribution in [2.75, 3.05) is 13.2 Å². The van der Waals surface area contributed by atoms with E-state index in [4.69, 9.17) is 9.47 Å². The first-order valence-corrected chi connectivity index (χ1v) is 28.9. The van der Waals surface area contributed by atoms with Gasteiger partial charge in [-0.05, 0) is 19.3 Å². The maximum Gasteiger partial charge on any atom is 0.397 e. The van der Waals surface area contributed by atoms with Crippen LogP contribution in [0.25, 0.3) is 0 Å². The number of ether oxygens (including phenoxy) is 2. The monoisotopic (exact) mass is 962 g/mol. The highest BCUT2D eigenvalue weighted by atomic mass is 32.3. The molecule has 0 aromatic heterocycles. The van der Waals surface area contributed by atoms with Crippen molar-refractivity contribution >= 4 is 16.3 Å². The van der Waals surface area contributed by atoms with Gasteiger partial charge in [0.1, 0.15) is 24.4 Å². The van der Waals surface area contributed by atoms with Crippen LogP contribution in [-0.4, -0.2) is 95.4 Å². The molecule has 7 atom stereocenters. The summed E-state index contributed by atoms with van der Waals surface area (Å²) in [6.45, 7) is 3.43. The molecule has 0 bridgehead atoms. The third-order valence-corrected chi connectivity index (χ3v) is 13.8. The molecule has 1 saturated heterocycles. The van der Waals surface area contributed by atoms with E-state index in [1.807, 2.05) is 6.08 Å². The van der Waals surface area contributed by atoms with E-state index in [9.17, 15) is 38.2 Å². The van der Waals surface area contributed by atoms with Crippen LogP contribution in [0.3, 0.4) is 0 Å². The van der Waals surface area contributed by atoms with Gasteiger partial charge in [-0.3, -0.25) is 9.35 Å². The van der Waals surface area contributed by atoms with Crippen LogP contribution in [0.15, 0.2) is 12.2 Å². The molecule has 0 saturated carbocycles. The number of rotatable bonds is 48. The van der Waals surface area contributed by atoms with Crippen molar-refractivity contribution in [2.24, 2.45) is 0 Å². The molecule has 7 unspecified atom stereocenters. The molecule has 0 aromatic rings. The highest BCUT2D eigenvalue weighted by Crippen LogP contribution is 2.26. The maximum atomic E-state index is 13.1. The van der Waals surface area contributed by atoms with Crippen LogP contribution in [0.5, 0.6) is 0 Å². The molecule has 13 heteroatoms. The Balaban J connectivity index is 2.41. The van der Waals surface area contributed by atoms with E-state index >= 15 is 0 Å². The maximum absolute atomic E-state index is 13.1. The molecular formula is C53H103NO11S. The van der Waals surface area contributed by atoms with E-state index in [-0.39, 0.29) is 18.9 Å². The fourth-order valence-electron chi connectivity index (χ4n) is 9.05. The Hall–Kier alpha value is -1.16. The van der Waals surface area contributed by atoms with Gasteiger partial charge >= 0.3 is 10.4 Å². The first kappa shape index (κ1) is 62.9. The van der Waals surface area contributed by atoms with Crippen molar-refractivity contribution in [1.82, 2.24) is 5.32 Å². The lowest BCUT2D eigenvalue weighted by Gasteiger charge is -2.41. The number of aliphatic hydroxyl groups excluding tert-OH is 4. The highest BCUT2D eigenvalue weighted by Gasteiger charge is 2.48. The molecule has 1 rings (SSSR count). The van der Waals surface area contributed by atoms with Gasteiger partial charge in [-0.25, -0.2) is 4.18 Å². The number of carbonyl (C=O) groups excluding carboxylic acids is 1. The normalized spacial score (nSPS) is 20.0. The van der Waals surface area contributed by atoms with Crippen molar-refractivity contribution in [1.29, 1.82) is 0 Å². The lowest BCUT2D eigenvalue weighted by Crippen LogP contribution is -2.61. The van der Waals surface area contributed by atoms with Gasteiger partial charge < -0.3 is 35.2 Å². The molecule has 66 heavy (non-hydrogen) atoms. The largest absolute Gasteiger partial charge is 0.397 e. The van der Waals surface area contributed by atoms with Gasteiger partial charge in [0.05, 0.1) is 25.4 Å². The van der Waals surface area contributed by atoms with Crippen LogP contribution >= 0.6 is 0 Å². The Morgan fingerprint density at radius 2 is 0.955 bits per heavy atom. The van der Waals surface area contributed by atoms with Crippen LogP contribution in [0.1, 0.15) is 264 Å². The van der Waals surface area contributed by atoms with Gasteiger partial charge in [0, 0.05) is 6.42 Å².